The zero-order chi connectivity index (χ0) is 15.8. The molecule has 0 unspecified atom stereocenters. The molecule has 3 N–H and O–H groups in total. The summed E-state index contributed by atoms with van der Waals surface area (Å²) in [6.45, 7) is 1.38. The van der Waals surface area contributed by atoms with Crippen LogP contribution in [0.15, 0.2) is 0 Å². The van der Waals surface area contributed by atoms with Crippen molar-refractivity contribution in [3.8, 4) is 0 Å². The van der Waals surface area contributed by atoms with Gasteiger partial charge in [-0.25, -0.2) is 9.59 Å². The molecule has 0 aromatic carbocycles. The molecule has 0 spiro atoms. The number of carboxylic acid groups (broad SMARTS) is 1. The maximum Gasteiger partial charge on any atom is 0.411 e. The predicted octanol–water partition coefficient (Wildman–Crippen LogP) is 1.51. The van der Waals surface area contributed by atoms with Crippen molar-refractivity contribution in [1.82, 2.24) is 10.6 Å². The van der Waals surface area contributed by atoms with Gasteiger partial charge in [-0.05, 0) is 12.8 Å². The van der Waals surface area contributed by atoms with Crippen LogP contribution in [-0.2, 0) is 9.53 Å². The number of rotatable bonds is 8. The summed E-state index contributed by atoms with van der Waals surface area (Å²) in [5.74, 6) is -1.16. The highest BCUT2D eigenvalue weighted by atomic mass is 19.4. The monoisotopic (exact) mass is 300 g/mol. The lowest BCUT2D eigenvalue weighted by atomic mass is 9.93. The topological polar surface area (TPSA) is 87.7 Å². The van der Waals surface area contributed by atoms with Gasteiger partial charge in [0, 0.05) is 6.54 Å². The van der Waals surface area contributed by atoms with Crippen molar-refractivity contribution >= 4 is 12.0 Å². The molecule has 0 aliphatic rings. The van der Waals surface area contributed by atoms with Gasteiger partial charge in [-0.2, -0.15) is 13.2 Å². The van der Waals surface area contributed by atoms with E-state index in [4.69, 9.17) is 5.11 Å². The molecule has 0 saturated heterocycles. The molecule has 0 aromatic heterocycles. The van der Waals surface area contributed by atoms with E-state index in [-0.39, 0.29) is 26.0 Å². The standard InChI is InChI=1S/C11H19F3N2O4/c1-3-10(4-2,8(17)18)16-9(19)15-5-6-20-7-11(12,13)14/h3-7H2,1-2H3,(H,17,18)(H2,15,16,19). The fraction of sp³-hybridized carbons (Fsp3) is 0.818. The van der Waals surface area contributed by atoms with E-state index in [2.05, 4.69) is 15.4 Å². The van der Waals surface area contributed by atoms with Crippen LogP contribution in [0.1, 0.15) is 26.7 Å². The molecule has 0 aromatic rings. The fourth-order valence-corrected chi connectivity index (χ4v) is 1.47. The van der Waals surface area contributed by atoms with Crippen LogP contribution in [0.4, 0.5) is 18.0 Å². The first kappa shape index (κ1) is 18.5. The van der Waals surface area contributed by atoms with Crippen LogP contribution in [0.2, 0.25) is 0 Å². The summed E-state index contributed by atoms with van der Waals surface area (Å²) in [5.41, 5.74) is -1.38. The van der Waals surface area contributed by atoms with Crippen molar-refractivity contribution in [3.63, 3.8) is 0 Å². The highest BCUT2D eigenvalue weighted by Gasteiger charge is 2.36. The summed E-state index contributed by atoms with van der Waals surface area (Å²) >= 11 is 0. The predicted molar refractivity (Wildman–Crippen MR) is 64.4 cm³/mol. The number of carbonyl (C=O) groups is 2. The Morgan fingerprint density at radius 3 is 2.15 bits per heavy atom. The highest BCUT2D eigenvalue weighted by molar-refractivity contribution is 5.86. The number of alkyl halides is 3. The van der Waals surface area contributed by atoms with E-state index in [1.807, 2.05) is 0 Å². The van der Waals surface area contributed by atoms with Crippen molar-refractivity contribution in [2.24, 2.45) is 0 Å². The van der Waals surface area contributed by atoms with Gasteiger partial charge < -0.3 is 20.5 Å². The largest absolute Gasteiger partial charge is 0.480 e. The zero-order valence-corrected chi connectivity index (χ0v) is 11.3. The van der Waals surface area contributed by atoms with Gasteiger partial charge in [0.2, 0.25) is 0 Å². The summed E-state index contributed by atoms with van der Waals surface area (Å²) in [6.07, 6.45) is -4.03. The van der Waals surface area contributed by atoms with Gasteiger partial charge >= 0.3 is 18.2 Å². The van der Waals surface area contributed by atoms with E-state index < -0.39 is 30.3 Å². The Hall–Kier alpha value is -1.51. The van der Waals surface area contributed by atoms with Crippen LogP contribution in [0.25, 0.3) is 0 Å². The third kappa shape index (κ3) is 6.60. The Morgan fingerprint density at radius 2 is 1.75 bits per heavy atom. The number of carbonyl (C=O) groups excluding carboxylic acids is 1. The van der Waals surface area contributed by atoms with Gasteiger partial charge in [-0.3, -0.25) is 0 Å². The van der Waals surface area contributed by atoms with Gasteiger partial charge in [0.25, 0.3) is 0 Å². The number of amides is 2. The number of aliphatic carboxylic acids is 1. The van der Waals surface area contributed by atoms with Crippen LogP contribution in [0.5, 0.6) is 0 Å². The van der Waals surface area contributed by atoms with E-state index in [1.54, 1.807) is 13.8 Å². The minimum absolute atomic E-state index is 0.148. The molecule has 0 fully saturated rings. The molecular formula is C11H19F3N2O4. The minimum Gasteiger partial charge on any atom is -0.480 e. The molecular weight excluding hydrogens is 281 g/mol. The molecule has 6 nitrogen and oxygen atoms in total. The highest BCUT2D eigenvalue weighted by Crippen LogP contribution is 2.15. The van der Waals surface area contributed by atoms with Crippen LogP contribution >= 0.6 is 0 Å². The smallest absolute Gasteiger partial charge is 0.411 e. The Labute approximate surface area is 114 Å². The number of carboxylic acids is 1. The van der Waals surface area contributed by atoms with Crippen LogP contribution in [-0.4, -0.2) is 48.6 Å². The Balaban J connectivity index is 4.07. The van der Waals surface area contributed by atoms with E-state index in [1.165, 1.54) is 0 Å². The molecule has 0 aliphatic carbocycles. The molecule has 0 saturated carbocycles. The van der Waals surface area contributed by atoms with Gasteiger partial charge in [0.15, 0.2) is 0 Å². The van der Waals surface area contributed by atoms with E-state index in [0.717, 1.165) is 0 Å². The van der Waals surface area contributed by atoms with Gasteiger partial charge in [0.1, 0.15) is 12.1 Å². The fourth-order valence-electron chi connectivity index (χ4n) is 1.47. The van der Waals surface area contributed by atoms with Crippen molar-refractivity contribution in [2.45, 2.75) is 38.4 Å². The molecule has 0 bridgehead atoms. The molecule has 0 atom stereocenters. The van der Waals surface area contributed by atoms with E-state index >= 15 is 0 Å². The third-order valence-electron chi connectivity index (χ3n) is 2.77. The average molecular weight is 300 g/mol. The van der Waals surface area contributed by atoms with Crippen LogP contribution in [0, 0.1) is 0 Å². The Bertz CT molecular complexity index is 330. The number of urea groups is 1. The lowest BCUT2D eigenvalue weighted by Crippen LogP contribution is -2.56. The van der Waals surface area contributed by atoms with Gasteiger partial charge in [-0.1, -0.05) is 13.8 Å². The SMILES string of the molecule is CCC(CC)(NC(=O)NCCOCC(F)(F)F)C(=O)O. The van der Waals surface area contributed by atoms with Crippen molar-refractivity contribution in [3.05, 3.63) is 0 Å². The molecule has 9 heteroatoms. The number of hydrogen-bond donors (Lipinski definition) is 3. The summed E-state index contributed by atoms with van der Waals surface area (Å²) < 4.78 is 39.6. The molecule has 0 radical (unpaired) electrons. The van der Waals surface area contributed by atoms with Crippen LogP contribution < -0.4 is 10.6 Å². The van der Waals surface area contributed by atoms with Gasteiger partial charge in [0.05, 0.1) is 6.61 Å². The first-order valence-corrected chi connectivity index (χ1v) is 6.10. The molecule has 0 aliphatic heterocycles. The second kappa shape index (κ2) is 7.93. The first-order chi connectivity index (χ1) is 9.17. The number of nitrogens with one attached hydrogen (secondary N) is 2. The Morgan fingerprint density at radius 1 is 1.20 bits per heavy atom. The maximum atomic E-state index is 11.8. The molecule has 0 rings (SSSR count). The number of ether oxygens (including phenoxy) is 1. The average Bonchev–Trinajstić information content (AvgIpc) is 2.33. The second-order valence-electron chi connectivity index (χ2n) is 4.14. The van der Waals surface area contributed by atoms with Gasteiger partial charge in [-0.15, -0.1) is 0 Å². The third-order valence-corrected chi connectivity index (χ3v) is 2.77. The molecule has 118 valence electrons. The maximum absolute atomic E-state index is 11.8. The summed E-state index contributed by atoms with van der Waals surface area (Å²) in [5, 5.41) is 13.6. The van der Waals surface area contributed by atoms with E-state index in [0.29, 0.717) is 0 Å². The van der Waals surface area contributed by atoms with Crippen LogP contribution in [0.3, 0.4) is 0 Å². The quantitative estimate of drug-likeness (QED) is 0.593. The number of halogens is 3. The Kier molecular flexibility index (Phi) is 7.33. The molecule has 0 heterocycles. The summed E-state index contributed by atoms with van der Waals surface area (Å²) in [6, 6.07) is -0.758. The summed E-state index contributed by atoms with van der Waals surface area (Å²) in [7, 11) is 0. The number of hydrogen-bond acceptors (Lipinski definition) is 3. The zero-order valence-electron chi connectivity index (χ0n) is 11.3. The summed E-state index contributed by atoms with van der Waals surface area (Å²) in [4.78, 5) is 22.6. The lowest BCUT2D eigenvalue weighted by Gasteiger charge is -2.28. The minimum atomic E-state index is -4.41. The second-order valence-corrected chi connectivity index (χ2v) is 4.14. The molecule has 20 heavy (non-hydrogen) atoms. The van der Waals surface area contributed by atoms with Crippen molar-refractivity contribution in [2.75, 3.05) is 19.8 Å². The molecule has 2 amide bonds. The van der Waals surface area contributed by atoms with Crippen molar-refractivity contribution in [1.29, 1.82) is 0 Å². The normalized spacial score (nSPS) is 12.1. The van der Waals surface area contributed by atoms with Crippen molar-refractivity contribution < 1.29 is 32.6 Å². The lowest BCUT2D eigenvalue weighted by molar-refractivity contribution is -0.173. The first-order valence-electron chi connectivity index (χ1n) is 6.10. The van der Waals surface area contributed by atoms with E-state index in [9.17, 15) is 22.8 Å².